The Morgan fingerprint density at radius 1 is 1.64 bits per heavy atom. The minimum absolute atomic E-state index is 0.210. The number of hydrogen-bond donors (Lipinski definition) is 0. The molecule has 0 saturated heterocycles. The van der Waals surface area contributed by atoms with Crippen molar-refractivity contribution < 1.29 is 14.3 Å². The van der Waals surface area contributed by atoms with E-state index in [0.29, 0.717) is 25.0 Å². The minimum atomic E-state index is -0.210. The number of thiophene rings is 1. The largest absolute Gasteiger partial charge is 0.466 e. The van der Waals surface area contributed by atoms with Gasteiger partial charge in [0.15, 0.2) is 6.29 Å². The molecule has 0 saturated carbocycles. The zero-order valence-corrected chi connectivity index (χ0v) is 8.80. The van der Waals surface area contributed by atoms with Crippen molar-refractivity contribution in [2.24, 2.45) is 0 Å². The second kappa shape index (κ2) is 5.54. The molecule has 0 atom stereocenters. The summed E-state index contributed by atoms with van der Waals surface area (Å²) in [5, 5.41) is 1.85. The van der Waals surface area contributed by atoms with Crippen LogP contribution in [0.3, 0.4) is 0 Å². The van der Waals surface area contributed by atoms with Crippen LogP contribution >= 0.6 is 11.3 Å². The van der Waals surface area contributed by atoms with Crippen LogP contribution in [0.5, 0.6) is 0 Å². The summed E-state index contributed by atoms with van der Waals surface area (Å²) >= 11 is 1.50. The number of esters is 1. The van der Waals surface area contributed by atoms with Crippen molar-refractivity contribution in [1.82, 2.24) is 0 Å². The first-order chi connectivity index (χ1) is 6.77. The quantitative estimate of drug-likeness (QED) is 0.554. The van der Waals surface area contributed by atoms with Gasteiger partial charge in [0.05, 0.1) is 13.0 Å². The molecule has 0 fully saturated rings. The third-order valence-electron chi connectivity index (χ3n) is 1.77. The summed E-state index contributed by atoms with van der Waals surface area (Å²) in [4.78, 5) is 22.5. The molecule has 0 radical (unpaired) electrons. The van der Waals surface area contributed by atoms with Crippen molar-refractivity contribution in [2.75, 3.05) is 6.61 Å². The van der Waals surface area contributed by atoms with Crippen molar-refractivity contribution in [2.45, 2.75) is 19.8 Å². The zero-order valence-electron chi connectivity index (χ0n) is 7.99. The highest BCUT2D eigenvalue weighted by Crippen LogP contribution is 2.16. The van der Waals surface area contributed by atoms with Crippen molar-refractivity contribution in [3.8, 4) is 0 Å². The average molecular weight is 212 g/mol. The van der Waals surface area contributed by atoms with Gasteiger partial charge in [-0.25, -0.2) is 0 Å². The maximum Gasteiger partial charge on any atom is 0.306 e. The van der Waals surface area contributed by atoms with E-state index in [9.17, 15) is 9.59 Å². The van der Waals surface area contributed by atoms with Crippen LogP contribution < -0.4 is 0 Å². The smallest absolute Gasteiger partial charge is 0.306 e. The number of rotatable bonds is 5. The SMILES string of the molecule is CCOC(=O)CCc1sccc1C=O. The Labute approximate surface area is 86.7 Å². The van der Waals surface area contributed by atoms with Gasteiger partial charge < -0.3 is 4.74 Å². The maximum absolute atomic E-state index is 11.0. The fourth-order valence-corrected chi connectivity index (χ4v) is 1.96. The van der Waals surface area contributed by atoms with E-state index in [-0.39, 0.29) is 5.97 Å². The summed E-state index contributed by atoms with van der Waals surface area (Å²) < 4.78 is 4.79. The van der Waals surface area contributed by atoms with Gasteiger partial charge in [-0.3, -0.25) is 9.59 Å². The lowest BCUT2D eigenvalue weighted by atomic mass is 10.2. The molecule has 0 spiro atoms. The first kappa shape index (κ1) is 10.9. The van der Waals surface area contributed by atoms with Gasteiger partial charge in [-0.1, -0.05) is 0 Å². The van der Waals surface area contributed by atoms with E-state index in [1.165, 1.54) is 11.3 Å². The molecule has 0 amide bonds. The Bertz CT molecular complexity index is 317. The summed E-state index contributed by atoms with van der Waals surface area (Å²) in [6, 6.07) is 1.76. The van der Waals surface area contributed by atoms with E-state index < -0.39 is 0 Å². The number of aryl methyl sites for hydroxylation is 1. The average Bonchev–Trinajstić information content (AvgIpc) is 2.62. The lowest BCUT2D eigenvalue weighted by Gasteiger charge is -2.00. The fourth-order valence-electron chi connectivity index (χ4n) is 1.11. The van der Waals surface area contributed by atoms with Crippen LogP contribution in [0.2, 0.25) is 0 Å². The van der Waals surface area contributed by atoms with Crippen LogP contribution in [0.25, 0.3) is 0 Å². The predicted molar refractivity (Wildman–Crippen MR) is 54.7 cm³/mol. The molecule has 0 unspecified atom stereocenters. The third-order valence-corrected chi connectivity index (χ3v) is 2.76. The van der Waals surface area contributed by atoms with Crippen molar-refractivity contribution in [3.05, 3.63) is 21.9 Å². The lowest BCUT2D eigenvalue weighted by molar-refractivity contribution is -0.143. The molecule has 1 heterocycles. The molecule has 1 aromatic rings. The van der Waals surface area contributed by atoms with E-state index in [4.69, 9.17) is 4.74 Å². The fraction of sp³-hybridized carbons (Fsp3) is 0.400. The summed E-state index contributed by atoms with van der Waals surface area (Å²) in [5.41, 5.74) is 0.680. The Morgan fingerprint density at radius 2 is 2.43 bits per heavy atom. The van der Waals surface area contributed by atoms with Gasteiger partial charge in [-0.2, -0.15) is 0 Å². The van der Waals surface area contributed by atoms with Gasteiger partial charge >= 0.3 is 5.97 Å². The van der Waals surface area contributed by atoms with Crippen LogP contribution in [0.15, 0.2) is 11.4 Å². The lowest BCUT2D eigenvalue weighted by Crippen LogP contribution is -2.05. The summed E-state index contributed by atoms with van der Waals surface area (Å²) in [6.07, 6.45) is 1.75. The van der Waals surface area contributed by atoms with Crippen LogP contribution in [-0.4, -0.2) is 18.9 Å². The number of hydrogen-bond acceptors (Lipinski definition) is 4. The van der Waals surface area contributed by atoms with E-state index in [1.807, 2.05) is 5.38 Å². The molecule has 4 heteroatoms. The van der Waals surface area contributed by atoms with Crippen molar-refractivity contribution in [3.63, 3.8) is 0 Å². The number of carbonyl (C=O) groups excluding carboxylic acids is 2. The van der Waals surface area contributed by atoms with Gasteiger partial charge in [0.25, 0.3) is 0 Å². The van der Waals surface area contributed by atoms with Crippen LogP contribution in [0, 0.1) is 0 Å². The summed E-state index contributed by atoms with van der Waals surface area (Å²) in [6.45, 7) is 2.18. The molecular formula is C10H12O3S. The van der Waals surface area contributed by atoms with E-state index in [0.717, 1.165) is 11.2 Å². The van der Waals surface area contributed by atoms with Gasteiger partial charge in [-0.05, 0) is 24.8 Å². The molecule has 0 aliphatic carbocycles. The van der Waals surface area contributed by atoms with E-state index in [1.54, 1.807) is 13.0 Å². The Hall–Kier alpha value is -1.16. The number of carbonyl (C=O) groups is 2. The molecule has 14 heavy (non-hydrogen) atoms. The zero-order chi connectivity index (χ0) is 10.4. The van der Waals surface area contributed by atoms with E-state index >= 15 is 0 Å². The summed E-state index contributed by atoms with van der Waals surface area (Å²) in [5.74, 6) is -0.210. The third kappa shape index (κ3) is 2.96. The second-order valence-electron chi connectivity index (χ2n) is 2.72. The van der Waals surface area contributed by atoms with Gasteiger partial charge in [0, 0.05) is 10.4 Å². The van der Waals surface area contributed by atoms with Crippen molar-refractivity contribution >= 4 is 23.6 Å². The molecule has 0 N–H and O–H groups in total. The highest BCUT2D eigenvalue weighted by atomic mass is 32.1. The molecule has 0 aromatic carbocycles. The summed E-state index contributed by atoms with van der Waals surface area (Å²) in [7, 11) is 0. The molecule has 0 bridgehead atoms. The van der Waals surface area contributed by atoms with Gasteiger partial charge in [-0.15, -0.1) is 11.3 Å². The molecule has 0 aliphatic rings. The minimum Gasteiger partial charge on any atom is -0.466 e. The Balaban J connectivity index is 2.45. The predicted octanol–water partition coefficient (Wildman–Crippen LogP) is 2.06. The second-order valence-corrected chi connectivity index (χ2v) is 3.72. The topological polar surface area (TPSA) is 43.4 Å². The number of ether oxygens (including phenoxy) is 1. The van der Waals surface area contributed by atoms with Gasteiger partial charge in [0.2, 0.25) is 0 Å². The molecule has 0 aliphatic heterocycles. The molecular weight excluding hydrogens is 200 g/mol. The highest BCUT2D eigenvalue weighted by molar-refractivity contribution is 7.10. The van der Waals surface area contributed by atoms with Crippen LogP contribution in [0.1, 0.15) is 28.6 Å². The normalized spacial score (nSPS) is 9.79. The van der Waals surface area contributed by atoms with Crippen LogP contribution in [-0.2, 0) is 16.0 Å². The maximum atomic E-state index is 11.0. The first-order valence-electron chi connectivity index (χ1n) is 4.45. The Kier molecular flexibility index (Phi) is 4.32. The number of aldehydes is 1. The molecule has 3 nitrogen and oxygen atoms in total. The highest BCUT2D eigenvalue weighted by Gasteiger charge is 2.07. The van der Waals surface area contributed by atoms with Crippen LogP contribution in [0.4, 0.5) is 0 Å². The van der Waals surface area contributed by atoms with E-state index in [2.05, 4.69) is 0 Å². The first-order valence-corrected chi connectivity index (χ1v) is 5.33. The standard InChI is InChI=1S/C10H12O3S/c1-2-13-10(12)4-3-9-8(7-11)5-6-14-9/h5-7H,2-4H2,1H3. The molecule has 1 aromatic heterocycles. The Morgan fingerprint density at radius 3 is 3.07 bits per heavy atom. The molecule has 1 rings (SSSR count). The van der Waals surface area contributed by atoms with Crippen molar-refractivity contribution in [1.29, 1.82) is 0 Å². The molecule has 76 valence electrons. The monoisotopic (exact) mass is 212 g/mol. The van der Waals surface area contributed by atoms with Gasteiger partial charge in [0.1, 0.15) is 0 Å².